The minimum absolute atomic E-state index is 0.0738. The number of carbonyl (C=O) groups excluding carboxylic acids is 2. The molecule has 1 atom stereocenters. The van der Waals surface area contributed by atoms with E-state index in [0.29, 0.717) is 11.4 Å². The molecule has 1 fully saturated rings. The minimum atomic E-state index is -3.73. The number of amides is 2. The van der Waals surface area contributed by atoms with Crippen LogP contribution in [0.1, 0.15) is 12.0 Å². The molecule has 1 aliphatic rings. The van der Waals surface area contributed by atoms with Crippen molar-refractivity contribution in [2.24, 2.45) is 11.7 Å². The molecule has 0 aromatic heterocycles. The zero-order valence-corrected chi connectivity index (χ0v) is 15.0. The minimum Gasteiger partial charge on any atom is -0.369 e. The van der Waals surface area contributed by atoms with Gasteiger partial charge in [-0.1, -0.05) is 17.7 Å². The van der Waals surface area contributed by atoms with E-state index in [1.807, 2.05) is 19.1 Å². The molecule has 7 nitrogen and oxygen atoms in total. The van der Waals surface area contributed by atoms with Gasteiger partial charge in [-0.15, -0.1) is 0 Å². The number of hydrogen-bond donors (Lipinski definition) is 2. The number of primary amides is 1. The highest BCUT2D eigenvalue weighted by atomic mass is 32.2. The van der Waals surface area contributed by atoms with E-state index < -0.39 is 21.8 Å². The lowest BCUT2D eigenvalue weighted by molar-refractivity contribution is -0.123. The second-order valence-electron chi connectivity index (χ2n) is 6.27. The zero-order chi connectivity index (χ0) is 18.9. The van der Waals surface area contributed by atoms with E-state index >= 15 is 0 Å². The Morgan fingerprint density at radius 3 is 2.27 bits per heavy atom. The molecule has 0 aliphatic carbocycles. The van der Waals surface area contributed by atoms with Gasteiger partial charge in [0, 0.05) is 24.3 Å². The third-order valence-corrected chi connectivity index (χ3v) is 5.69. The summed E-state index contributed by atoms with van der Waals surface area (Å²) >= 11 is 0. The first-order chi connectivity index (χ1) is 12.3. The molecule has 2 amide bonds. The second-order valence-corrected chi connectivity index (χ2v) is 7.96. The van der Waals surface area contributed by atoms with Gasteiger partial charge in [0.05, 0.1) is 10.8 Å². The molecule has 0 spiro atoms. The van der Waals surface area contributed by atoms with Crippen LogP contribution < -0.4 is 15.4 Å². The first-order valence-corrected chi connectivity index (χ1v) is 9.54. The number of sulfonamides is 1. The van der Waals surface area contributed by atoms with Crippen molar-refractivity contribution in [2.45, 2.75) is 18.2 Å². The quantitative estimate of drug-likeness (QED) is 0.830. The molecule has 0 bridgehead atoms. The number of anilines is 2. The Labute approximate surface area is 151 Å². The topological polar surface area (TPSA) is 110 Å². The maximum Gasteiger partial charge on any atom is 0.261 e. The molecule has 3 N–H and O–H groups in total. The van der Waals surface area contributed by atoms with Crippen LogP contribution in [0.5, 0.6) is 0 Å². The molecule has 0 radical (unpaired) electrons. The van der Waals surface area contributed by atoms with Crippen molar-refractivity contribution >= 4 is 33.2 Å². The van der Waals surface area contributed by atoms with E-state index in [2.05, 4.69) is 4.72 Å². The van der Waals surface area contributed by atoms with Crippen LogP contribution in [-0.2, 0) is 19.6 Å². The smallest absolute Gasteiger partial charge is 0.261 e. The van der Waals surface area contributed by atoms with Gasteiger partial charge in [-0.2, -0.15) is 0 Å². The molecule has 2 aromatic carbocycles. The molecule has 26 heavy (non-hydrogen) atoms. The Bertz CT molecular complexity index is 937. The monoisotopic (exact) mass is 373 g/mol. The highest BCUT2D eigenvalue weighted by Crippen LogP contribution is 2.26. The van der Waals surface area contributed by atoms with Crippen LogP contribution >= 0.6 is 0 Å². The molecule has 0 unspecified atom stereocenters. The number of nitrogens with two attached hydrogens (primary N) is 1. The van der Waals surface area contributed by atoms with Crippen LogP contribution in [-0.4, -0.2) is 26.8 Å². The third kappa shape index (κ3) is 3.70. The number of rotatable bonds is 5. The normalized spacial score (nSPS) is 17.3. The molecule has 1 saturated heterocycles. The van der Waals surface area contributed by atoms with Gasteiger partial charge in [-0.3, -0.25) is 14.3 Å². The summed E-state index contributed by atoms with van der Waals surface area (Å²) in [4.78, 5) is 24.8. The van der Waals surface area contributed by atoms with Gasteiger partial charge in [0.1, 0.15) is 0 Å². The molecule has 0 saturated carbocycles. The SMILES string of the molecule is Cc1ccc(NS(=O)(=O)c2ccc(N3C[C@H](C(N)=O)CC3=O)cc2)cc1. The lowest BCUT2D eigenvalue weighted by atomic mass is 10.1. The maximum absolute atomic E-state index is 12.5. The molecule has 1 aliphatic heterocycles. The fourth-order valence-electron chi connectivity index (χ4n) is 2.79. The van der Waals surface area contributed by atoms with E-state index in [1.54, 1.807) is 24.3 Å². The number of nitrogens with zero attached hydrogens (tertiary/aromatic N) is 1. The van der Waals surface area contributed by atoms with Gasteiger partial charge < -0.3 is 10.6 Å². The van der Waals surface area contributed by atoms with Crippen molar-refractivity contribution in [2.75, 3.05) is 16.2 Å². The third-order valence-electron chi connectivity index (χ3n) is 4.29. The Hall–Kier alpha value is -2.87. The summed E-state index contributed by atoms with van der Waals surface area (Å²) in [6, 6.07) is 13.0. The predicted octanol–water partition coefficient (Wildman–Crippen LogP) is 1.63. The van der Waals surface area contributed by atoms with Gasteiger partial charge in [0.2, 0.25) is 11.8 Å². The highest BCUT2D eigenvalue weighted by Gasteiger charge is 2.34. The van der Waals surface area contributed by atoms with Gasteiger partial charge in [-0.25, -0.2) is 8.42 Å². The Kier molecular flexibility index (Phi) is 4.69. The fraction of sp³-hybridized carbons (Fsp3) is 0.222. The molecule has 3 rings (SSSR count). The van der Waals surface area contributed by atoms with E-state index in [1.165, 1.54) is 17.0 Å². The second kappa shape index (κ2) is 6.80. The number of nitrogens with one attached hydrogen (secondary N) is 1. The van der Waals surface area contributed by atoms with Crippen molar-refractivity contribution in [1.82, 2.24) is 0 Å². The Morgan fingerprint density at radius 2 is 1.73 bits per heavy atom. The highest BCUT2D eigenvalue weighted by molar-refractivity contribution is 7.92. The van der Waals surface area contributed by atoms with Crippen LogP contribution in [0.15, 0.2) is 53.4 Å². The summed E-state index contributed by atoms with van der Waals surface area (Å²) in [5, 5.41) is 0. The summed E-state index contributed by atoms with van der Waals surface area (Å²) in [5.74, 6) is -1.24. The summed E-state index contributed by atoms with van der Waals surface area (Å²) in [7, 11) is -3.73. The summed E-state index contributed by atoms with van der Waals surface area (Å²) in [6.45, 7) is 2.13. The lowest BCUT2D eigenvalue weighted by Crippen LogP contribution is -2.28. The van der Waals surface area contributed by atoms with Crippen molar-refractivity contribution in [3.8, 4) is 0 Å². The first kappa shape index (κ1) is 17.9. The van der Waals surface area contributed by atoms with Crippen molar-refractivity contribution in [1.29, 1.82) is 0 Å². The number of carbonyl (C=O) groups is 2. The average molecular weight is 373 g/mol. The van der Waals surface area contributed by atoms with Crippen LogP contribution in [0.2, 0.25) is 0 Å². The number of hydrogen-bond acceptors (Lipinski definition) is 4. The number of aryl methyl sites for hydroxylation is 1. The summed E-state index contributed by atoms with van der Waals surface area (Å²) < 4.78 is 27.5. The molecule has 8 heteroatoms. The van der Waals surface area contributed by atoms with Crippen LogP contribution in [0.25, 0.3) is 0 Å². The summed E-state index contributed by atoms with van der Waals surface area (Å²) in [5.41, 5.74) is 7.29. The molecular weight excluding hydrogens is 354 g/mol. The van der Waals surface area contributed by atoms with Gasteiger partial charge >= 0.3 is 0 Å². The van der Waals surface area contributed by atoms with E-state index in [9.17, 15) is 18.0 Å². The zero-order valence-electron chi connectivity index (χ0n) is 14.2. The lowest BCUT2D eigenvalue weighted by Gasteiger charge is -2.17. The van der Waals surface area contributed by atoms with Gasteiger partial charge in [0.15, 0.2) is 0 Å². The predicted molar refractivity (Wildman–Crippen MR) is 98.1 cm³/mol. The van der Waals surface area contributed by atoms with Crippen molar-refractivity contribution < 1.29 is 18.0 Å². The standard InChI is InChI=1S/C18H19N3O4S/c1-12-2-4-14(5-3-12)20-26(24,25)16-8-6-15(7-9-16)21-11-13(18(19)23)10-17(21)22/h2-9,13,20H,10-11H2,1H3,(H2,19,23)/t13-/m1/s1. The average Bonchev–Trinajstić information content (AvgIpc) is 2.99. The van der Waals surface area contributed by atoms with Crippen LogP contribution in [0.4, 0.5) is 11.4 Å². The van der Waals surface area contributed by atoms with Crippen molar-refractivity contribution in [3.05, 3.63) is 54.1 Å². The number of benzene rings is 2. The molecule has 2 aromatic rings. The van der Waals surface area contributed by atoms with Crippen LogP contribution in [0, 0.1) is 12.8 Å². The fourth-order valence-corrected chi connectivity index (χ4v) is 3.85. The largest absolute Gasteiger partial charge is 0.369 e. The van der Waals surface area contributed by atoms with E-state index in [-0.39, 0.29) is 23.8 Å². The Morgan fingerprint density at radius 1 is 1.12 bits per heavy atom. The molecule has 136 valence electrons. The first-order valence-electron chi connectivity index (χ1n) is 8.05. The van der Waals surface area contributed by atoms with E-state index in [4.69, 9.17) is 5.73 Å². The maximum atomic E-state index is 12.5. The summed E-state index contributed by atoms with van der Waals surface area (Å²) in [6.07, 6.45) is 0.0738. The molecule has 1 heterocycles. The van der Waals surface area contributed by atoms with Gasteiger partial charge in [0.25, 0.3) is 10.0 Å². The van der Waals surface area contributed by atoms with E-state index in [0.717, 1.165) is 5.56 Å². The van der Waals surface area contributed by atoms with Crippen molar-refractivity contribution in [3.63, 3.8) is 0 Å². The van der Waals surface area contributed by atoms with Gasteiger partial charge in [-0.05, 0) is 43.3 Å². The molecular formula is C18H19N3O4S. The van der Waals surface area contributed by atoms with Crippen LogP contribution in [0.3, 0.4) is 0 Å². The Balaban J connectivity index is 1.77.